The van der Waals surface area contributed by atoms with Crippen LogP contribution in [0.25, 0.3) is 0 Å². The van der Waals surface area contributed by atoms with E-state index in [1.165, 1.54) is 4.90 Å². The highest BCUT2D eigenvalue weighted by Crippen LogP contribution is 2.24. The summed E-state index contributed by atoms with van der Waals surface area (Å²) in [4.78, 5) is 50.7. The van der Waals surface area contributed by atoms with E-state index in [-0.39, 0.29) is 25.4 Å². The van der Waals surface area contributed by atoms with Gasteiger partial charge in [0.15, 0.2) is 6.10 Å². The number of carbonyl (C=O) groups excluding carboxylic acids is 3. The molecule has 5 N–H and O–H groups in total. The van der Waals surface area contributed by atoms with Crippen LogP contribution >= 0.6 is 0 Å². The third-order valence-electron chi connectivity index (χ3n) is 7.58. The van der Waals surface area contributed by atoms with Crippen LogP contribution in [0.2, 0.25) is 0 Å². The number of benzene rings is 1. The van der Waals surface area contributed by atoms with Gasteiger partial charge in [-0.25, -0.2) is 19.2 Å². The number of amides is 3. The normalized spacial score (nSPS) is 18.5. The number of carboxylic acids is 1. The number of carboxylic acid groups (broad SMARTS) is 1. The van der Waals surface area contributed by atoms with Crippen molar-refractivity contribution < 1.29 is 43.2 Å². The summed E-state index contributed by atoms with van der Waals surface area (Å²) in [5.74, 6) is -0.255. The monoisotopic (exact) mass is 661 g/mol. The van der Waals surface area contributed by atoms with E-state index >= 15 is 0 Å². The first-order valence-corrected chi connectivity index (χ1v) is 16.2. The van der Waals surface area contributed by atoms with Gasteiger partial charge in [0.25, 0.3) is 0 Å². The van der Waals surface area contributed by atoms with Crippen molar-refractivity contribution in [2.24, 2.45) is 5.92 Å². The smallest absolute Gasteiger partial charge is 0.413 e. The number of piperidine rings is 1. The van der Waals surface area contributed by atoms with Gasteiger partial charge in [0.2, 0.25) is 0 Å². The third-order valence-corrected chi connectivity index (χ3v) is 7.58. The topological polar surface area (TPSA) is 189 Å². The zero-order valence-corrected chi connectivity index (χ0v) is 28.4. The fourth-order valence-corrected chi connectivity index (χ4v) is 5.40. The highest BCUT2D eigenvalue weighted by Gasteiger charge is 2.39. The van der Waals surface area contributed by atoms with Gasteiger partial charge in [0.05, 0.1) is 12.6 Å². The Labute approximate surface area is 276 Å². The number of ether oxygens (including phenoxy) is 4. The van der Waals surface area contributed by atoms with Crippen molar-refractivity contribution in [3.05, 3.63) is 29.8 Å². The average Bonchev–Trinajstić information content (AvgIpc) is 3.32. The van der Waals surface area contributed by atoms with Gasteiger partial charge in [-0.1, -0.05) is 25.0 Å². The predicted octanol–water partition coefficient (Wildman–Crippen LogP) is 4.45. The first-order chi connectivity index (χ1) is 22.0. The molecule has 2 aliphatic rings. The SMILES string of the molecule is CC(C)(C)OC(=O)NC(=N)C(CCCC1CCNCC1)N1CC(COc2ccc(CC(NC(=O)OC(C)(C)C)C(=O)O)cc2)OC1=O. The number of carbonyl (C=O) groups is 4. The number of nitrogens with one attached hydrogen (secondary N) is 4. The molecule has 0 aromatic heterocycles. The molecule has 3 rings (SSSR count). The van der Waals surface area contributed by atoms with Gasteiger partial charge in [-0.15, -0.1) is 0 Å². The minimum atomic E-state index is -1.19. The Morgan fingerprint density at radius 1 is 1.04 bits per heavy atom. The second-order valence-corrected chi connectivity index (χ2v) is 14.0. The van der Waals surface area contributed by atoms with E-state index < -0.39 is 53.6 Å². The zero-order chi connectivity index (χ0) is 34.8. The fraction of sp³-hybridized carbons (Fsp3) is 0.667. The lowest BCUT2D eigenvalue weighted by molar-refractivity contribution is -0.139. The lowest BCUT2D eigenvalue weighted by atomic mass is 9.91. The number of alkyl carbamates (subject to hydrolysis) is 2. The lowest BCUT2D eigenvalue weighted by Gasteiger charge is -2.28. The summed E-state index contributed by atoms with van der Waals surface area (Å²) in [7, 11) is 0. The third kappa shape index (κ3) is 13.3. The van der Waals surface area contributed by atoms with Crippen LogP contribution in [0.5, 0.6) is 5.75 Å². The molecule has 3 unspecified atom stereocenters. The second kappa shape index (κ2) is 16.7. The Morgan fingerprint density at radius 3 is 2.26 bits per heavy atom. The number of hydrogen-bond donors (Lipinski definition) is 5. The molecule has 0 bridgehead atoms. The molecule has 1 aromatic rings. The Kier molecular flexibility index (Phi) is 13.3. The molecule has 1 aromatic carbocycles. The van der Waals surface area contributed by atoms with Crippen molar-refractivity contribution in [3.63, 3.8) is 0 Å². The molecular formula is C33H51N5O9. The Bertz CT molecular complexity index is 1240. The van der Waals surface area contributed by atoms with E-state index in [1.807, 2.05) is 0 Å². The van der Waals surface area contributed by atoms with E-state index in [2.05, 4.69) is 16.0 Å². The van der Waals surface area contributed by atoms with E-state index in [1.54, 1.807) is 65.8 Å². The number of rotatable bonds is 13. The molecule has 0 radical (unpaired) electrons. The van der Waals surface area contributed by atoms with Crippen LogP contribution in [0.15, 0.2) is 24.3 Å². The van der Waals surface area contributed by atoms with Crippen molar-refractivity contribution in [3.8, 4) is 5.75 Å². The predicted molar refractivity (Wildman–Crippen MR) is 174 cm³/mol. The molecule has 3 atom stereocenters. The summed E-state index contributed by atoms with van der Waals surface area (Å²) in [6.07, 6.45) is 1.68. The molecular weight excluding hydrogens is 610 g/mol. The molecule has 2 saturated heterocycles. The molecule has 3 amide bonds. The molecule has 14 heteroatoms. The summed E-state index contributed by atoms with van der Waals surface area (Å²) in [5.41, 5.74) is -0.845. The van der Waals surface area contributed by atoms with Crippen molar-refractivity contribution in [1.82, 2.24) is 20.9 Å². The Morgan fingerprint density at radius 2 is 1.66 bits per heavy atom. The van der Waals surface area contributed by atoms with Gasteiger partial charge in [-0.2, -0.15) is 0 Å². The van der Waals surface area contributed by atoms with Crippen LogP contribution < -0.4 is 20.7 Å². The maximum Gasteiger partial charge on any atom is 0.413 e. The number of aliphatic carboxylic acids is 1. The van der Waals surface area contributed by atoms with Crippen LogP contribution in [-0.2, 0) is 25.4 Å². The van der Waals surface area contributed by atoms with Gasteiger partial charge in [-0.3, -0.25) is 15.6 Å². The highest BCUT2D eigenvalue weighted by molar-refractivity contribution is 5.98. The second-order valence-electron chi connectivity index (χ2n) is 14.0. The van der Waals surface area contributed by atoms with E-state index in [4.69, 9.17) is 24.4 Å². The van der Waals surface area contributed by atoms with Crippen molar-refractivity contribution in [1.29, 1.82) is 5.41 Å². The first kappa shape index (κ1) is 37.4. The summed E-state index contributed by atoms with van der Waals surface area (Å²) < 4.78 is 21.9. The largest absolute Gasteiger partial charge is 0.490 e. The summed E-state index contributed by atoms with van der Waals surface area (Å²) in [6.45, 7) is 12.5. The number of cyclic esters (lactones) is 1. The summed E-state index contributed by atoms with van der Waals surface area (Å²) >= 11 is 0. The molecule has 2 aliphatic heterocycles. The number of hydrogen-bond acceptors (Lipinski definition) is 10. The molecule has 0 saturated carbocycles. The Balaban J connectivity index is 1.57. The average molecular weight is 662 g/mol. The van der Waals surface area contributed by atoms with Crippen molar-refractivity contribution in [2.45, 2.75) is 109 Å². The zero-order valence-electron chi connectivity index (χ0n) is 28.4. The molecule has 0 aliphatic carbocycles. The van der Waals surface area contributed by atoms with Crippen LogP contribution in [-0.4, -0.2) is 95.7 Å². The van der Waals surface area contributed by atoms with Crippen molar-refractivity contribution >= 4 is 30.1 Å². The maximum atomic E-state index is 13.0. The molecule has 262 valence electrons. The van der Waals surface area contributed by atoms with Crippen LogP contribution in [0, 0.1) is 11.3 Å². The van der Waals surface area contributed by atoms with Gasteiger partial charge < -0.3 is 34.7 Å². The number of nitrogens with zero attached hydrogens (tertiary/aromatic N) is 1. The minimum absolute atomic E-state index is 0.0341. The van der Waals surface area contributed by atoms with E-state index in [0.717, 1.165) is 38.8 Å². The molecule has 0 spiro atoms. The molecule has 47 heavy (non-hydrogen) atoms. The molecule has 2 heterocycles. The lowest BCUT2D eigenvalue weighted by Crippen LogP contribution is -2.50. The fourth-order valence-electron chi connectivity index (χ4n) is 5.40. The first-order valence-electron chi connectivity index (χ1n) is 16.2. The van der Waals surface area contributed by atoms with Crippen LogP contribution in [0.3, 0.4) is 0 Å². The number of amidine groups is 1. The van der Waals surface area contributed by atoms with Gasteiger partial charge >= 0.3 is 24.2 Å². The standard InChI is InChI=1S/C33H51N5O9/c1-32(2,3)46-29(41)36-25(28(39)40)18-22-10-12-23(13-11-22)44-20-24-19-38(31(43)45-24)26(9-7-8-21-14-16-35-17-15-21)27(34)37-30(42)47-33(4,5)6/h10-13,21,24-26,35H,7-9,14-20H2,1-6H3,(H,36,41)(H,39,40)(H2,34,37,42). The maximum absolute atomic E-state index is 13.0. The highest BCUT2D eigenvalue weighted by atomic mass is 16.6. The molecule has 14 nitrogen and oxygen atoms in total. The molecule has 2 fully saturated rings. The van der Waals surface area contributed by atoms with Gasteiger partial charge in [-0.05, 0) is 97.5 Å². The van der Waals surface area contributed by atoms with Crippen LogP contribution in [0.1, 0.15) is 79.2 Å². The van der Waals surface area contributed by atoms with Crippen molar-refractivity contribution in [2.75, 3.05) is 26.2 Å². The quantitative estimate of drug-likeness (QED) is 0.115. The van der Waals surface area contributed by atoms with Gasteiger partial charge in [0, 0.05) is 6.42 Å². The minimum Gasteiger partial charge on any atom is -0.490 e. The Hall–Kier alpha value is -4.07. The van der Waals surface area contributed by atoms with Crippen LogP contribution in [0.4, 0.5) is 14.4 Å². The summed E-state index contributed by atoms with van der Waals surface area (Å²) in [6, 6.07) is 4.84. The van der Waals surface area contributed by atoms with E-state index in [0.29, 0.717) is 23.7 Å². The van der Waals surface area contributed by atoms with E-state index in [9.17, 15) is 24.3 Å². The van der Waals surface area contributed by atoms with Gasteiger partial charge in [0.1, 0.15) is 35.4 Å². The summed E-state index contributed by atoms with van der Waals surface area (Å²) in [5, 5.41) is 26.5.